The van der Waals surface area contributed by atoms with Crippen LogP contribution in [0.1, 0.15) is 5.56 Å². The van der Waals surface area contributed by atoms with E-state index in [1.807, 2.05) is 30.3 Å². The van der Waals surface area contributed by atoms with Crippen molar-refractivity contribution in [2.75, 3.05) is 14.1 Å². The molecule has 0 aliphatic heterocycles. The van der Waals surface area contributed by atoms with E-state index < -0.39 is 0 Å². The molecule has 74 valence electrons. The molecule has 1 aromatic carbocycles. The first-order valence-corrected chi connectivity index (χ1v) is 4.29. The van der Waals surface area contributed by atoms with Crippen molar-refractivity contribution in [3.8, 4) is 0 Å². The summed E-state index contributed by atoms with van der Waals surface area (Å²) in [5, 5.41) is 0. The highest BCUT2D eigenvalue weighted by atomic mass is 16.5. The molecule has 14 heavy (non-hydrogen) atoms. The van der Waals surface area contributed by atoms with Crippen LogP contribution >= 0.6 is 0 Å². The average Bonchev–Trinajstić information content (AvgIpc) is 2.19. The number of carbonyl (C=O) groups excluding carboxylic acids is 1. The van der Waals surface area contributed by atoms with Crippen molar-refractivity contribution in [1.29, 1.82) is 0 Å². The Labute approximate surface area is 83.6 Å². The van der Waals surface area contributed by atoms with Crippen LogP contribution in [0, 0.1) is 0 Å². The number of benzene rings is 1. The van der Waals surface area contributed by atoms with E-state index in [2.05, 4.69) is 0 Å². The van der Waals surface area contributed by atoms with E-state index in [0.29, 0.717) is 0 Å². The van der Waals surface area contributed by atoms with Gasteiger partial charge in [-0.15, -0.1) is 0 Å². The van der Waals surface area contributed by atoms with Gasteiger partial charge >= 0.3 is 6.09 Å². The lowest BCUT2D eigenvalue weighted by Gasteiger charge is -2.06. The van der Waals surface area contributed by atoms with E-state index in [-0.39, 0.29) is 6.09 Å². The molecule has 0 aliphatic carbocycles. The maximum atomic E-state index is 11.0. The van der Waals surface area contributed by atoms with Crippen LogP contribution in [0.15, 0.2) is 36.6 Å². The molecule has 0 aromatic heterocycles. The minimum Gasteiger partial charge on any atom is -0.418 e. The molecule has 1 rings (SSSR count). The molecule has 0 radical (unpaired) electrons. The Bertz CT molecular complexity index is 317. The van der Waals surface area contributed by atoms with Crippen molar-refractivity contribution in [2.45, 2.75) is 0 Å². The highest BCUT2D eigenvalue weighted by Gasteiger charge is 2.00. The first-order valence-electron chi connectivity index (χ1n) is 4.29. The third-order valence-electron chi connectivity index (χ3n) is 1.59. The predicted octanol–water partition coefficient (Wildman–Crippen LogP) is 2.36. The van der Waals surface area contributed by atoms with Crippen LogP contribution in [0.5, 0.6) is 0 Å². The van der Waals surface area contributed by atoms with Crippen LogP contribution in [0.2, 0.25) is 0 Å². The van der Waals surface area contributed by atoms with Crippen molar-refractivity contribution >= 4 is 12.2 Å². The molecular formula is C11H13NO2. The maximum Gasteiger partial charge on any atom is 0.414 e. The number of hydrogen-bond donors (Lipinski definition) is 0. The molecule has 1 aromatic rings. The molecule has 0 heterocycles. The Hall–Kier alpha value is -1.77. The third kappa shape index (κ3) is 3.31. The van der Waals surface area contributed by atoms with Gasteiger partial charge in [0.15, 0.2) is 0 Å². The number of hydrogen-bond acceptors (Lipinski definition) is 2. The van der Waals surface area contributed by atoms with Gasteiger partial charge in [0, 0.05) is 14.1 Å². The minimum absolute atomic E-state index is 0.378. The Morgan fingerprint density at radius 2 is 1.93 bits per heavy atom. The second-order valence-corrected chi connectivity index (χ2v) is 2.99. The summed E-state index contributed by atoms with van der Waals surface area (Å²) >= 11 is 0. The molecule has 3 nitrogen and oxygen atoms in total. The zero-order valence-corrected chi connectivity index (χ0v) is 8.31. The van der Waals surface area contributed by atoms with Gasteiger partial charge in [-0.2, -0.15) is 0 Å². The topological polar surface area (TPSA) is 29.5 Å². The van der Waals surface area contributed by atoms with Gasteiger partial charge in [0.2, 0.25) is 0 Å². The lowest BCUT2D eigenvalue weighted by Crippen LogP contribution is -2.20. The van der Waals surface area contributed by atoms with Gasteiger partial charge in [-0.05, 0) is 11.6 Å². The molecule has 0 atom stereocenters. The fraction of sp³-hybridized carbons (Fsp3) is 0.182. The molecule has 1 amide bonds. The zero-order valence-electron chi connectivity index (χ0n) is 8.31. The summed E-state index contributed by atoms with van der Waals surface area (Å²) in [7, 11) is 3.28. The third-order valence-corrected chi connectivity index (χ3v) is 1.59. The number of rotatable bonds is 2. The quantitative estimate of drug-likeness (QED) is 0.671. The van der Waals surface area contributed by atoms with E-state index in [0.717, 1.165) is 5.56 Å². The molecular weight excluding hydrogens is 178 g/mol. The van der Waals surface area contributed by atoms with Gasteiger partial charge in [-0.25, -0.2) is 4.79 Å². The van der Waals surface area contributed by atoms with E-state index in [1.165, 1.54) is 11.2 Å². The molecule has 0 N–H and O–H groups in total. The van der Waals surface area contributed by atoms with Crippen LogP contribution < -0.4 is 0 Å². The number of nitrogens with zero attached hydrogens (tertiary/aromatic N) is 1. The molecule has 0 bridgehead atoms. The summed E-state index contributed by atoms with van der Waals surface area (Å²) in [5.41, 5.74) is 0.999. The second-order valence-electron chi connectivity index (χ2n) is 2.99. The molecule has 0 saturated heterocycles. The average molecular weight is 191 g/mol. The van der Waals surface area contributed by atoms with Crippen molar-refractivity contribution in [3.05, 3.63) is 42.2 Å². The lowest BCUT2D eigenvalue weighted by atomic mass is 10.2. The van der Waals surface area contributed by atoms with E-state index >= 15 is 0 Å². The van der Waals surface area contributed by atoms with Gasteiger partial charge in [-0.1, -0.05) is 30.3 Å². The van der Waals surface area contributed by atoms with Crippen LogP contribution in [0.3, 0.4) is 0 Å². The molecule has 0 spiro atoms. The second kappa shape index (κ2) is 5.07. The Morgan fingerprint density at radius 1 is 1.29 bits per heavy atom. The summed E-state index contributed by atoms with van der Waals surface area (Å²) in [5.74, 6) is 0. The molecule has 0 saturated carbocycles. The highest BCUT2D eigenvalue weighted by molar-refractivity contribution is 5.68. The van der Waals surface area contributed by atoms with Crippen LogP contribution in [0.4, 0.5) is 4.79 Å². The molecule has 3 heteroatoms. The zero-order chi connectivity index (χ0) is 10.4. The number of ether oxygens (including phenoxy) is 1. The predicted molar refractivity (Wildman–Crippen MR) is 55.6 cm³/mol. The molecule has 0 unspecified atom stereocenters. The molecule has 0 aliphatic rings. The summed E-state index contributed by atoms with van der Waals surface area (Å²) in [6.45, 7) is 0. The first kappa shape index (κ1) is 10.3. The normalized spacial score (nSPS) is 10.1. The van der Waals surface area contributed by atoms with Crippen molar-refractivity contribution in [2.24, 2.45) is 0 Å². The smallest absolute Gasteiger partial charge is 0.414 e. The van der Waals surface area contributed by atoms with Crippen LogP contribution in [-0.2, 0) is 4.74 Å². The fourth-order valence-corrected chi connectivity index (χ4v) is 0.840. The van der Waals surface area contributed by atoms with Crippen LogP contribution in [-0.4, -0.2) is 25.1 Å². The van der Waals surface area contributed by atoms with Crippen molar-refractivity contribution in [1.82, 2.24) is 4.90 Å². The first-order chi connectivity index (χ1) is 6.70. The van der Waals surface area contributed by atoms with Gasteiger partial charge < -0.3 is 9.64 Å². The highest BCUT2D eigenvalue weighted by Crippen LogP contribution is 2.01. The minimum atomic E-state index is -0.378. The Kier molecular flexibility index (Phi) is 3.73. The maximum absolute atomic E-state index is 11.0. The summed E-state index contributed by atoms with van der Waals surface area (Å²) in [6.07, 6.45) is 2.75. The van der Waals surface area contributed by atoms with Crippen molar-refractivity contribution in [3.63, 3.8) is 0 Å². The Morgan fingerprint density at radius 3 is 2.50 bits per heavy atom. The summed E-state index contributed by atoms with van der Waals surface area (Å²) < 4.78 is 4.81. The largest absolute Gasteiger partial charge is 0.418 e. The van der Waals surface area contributed by atoms with E-state index in [1.54, 1.807) is 20.2 Å². The van der Waals surface area contributed by atoms with E-state index in [9.17, 15) is 4.79 Å². The SMILES string of the molecule is CN(C)C(=O)OC=Cc1ccccc1. The standard InChI is InChI=1S/C11H13NO2/c1-12(2)11(13)14-9-8-10-6-4-3-5-7-10/h3-9H,1-2H3. The monoisotopic (exact) mass is 191 g/mol. The summed E-state index contributed by atoms with van der Waals surface area (Å²) in [6, 6.07) is 9.64. The Balaban J connectivity index is 2.46. The van der Waals surface area contributed by atoms with Crippen molar-refractivity contribution < 1.29 is 9.53 Å². The van der Waals surface area contributed by atoms with E-state index in [4.69, 9.17) is 4.74 Å². The van der Waals surface area contributed by atoms with Gasteiger partial charge in [0.05, 0.1) is 6.26 Å². The van der Waals surface area contributed by atoms with Gasteiger partial charge in [0.25, 0.3) is 0 Å². The van der Waals surface area contributed by atoms with Crippen LogP contribution in [0.25, 0.3) is 6.08 Å². The fourth-order valence-electron chi connectivity index (χ4n) is 0.840. The van der Waals surface area contributed by atoms with Gasteiger partial charge in [-0.3, -0.25) is 0 Å². The number of carbonyl (C=O) groups is 1. The summed E-state index contributed by atoms with van der Waals surface area (Å²) in [4.78, 5) is 12.4. The number of amides is 1. The molecule has 0 fully saturated rings. The lowest BCUT2D eigenvalue weighted by molar-refractivity contribution is 0.156. The van der Waals surface area contributed by atoms with Gasteiger partial charge in [0.1, 0.15) is 0 Å².